The van der Waals surface area contributed by atoms with Gasteiger partial charge in [-0.05, 0) is 18.2 Å². The number of anilines is 2. The van der Waals surface area contributed by atoms with Gasteiger partial charge in [-0.25, -0.2) is 4.79 Å². The topological polar surface area (TPSA) is 60.8 Å². The Morgan fingerprint density at radius 2 is 1.63 bits per heavy atom. The van der Waals surface area contributed by atoms with Crippen molar-refractivity contribution in [3.8, 4) is 0 Å². The van der Waals surface area contributed by atoms with Gasteiger partial charge in [-0.2, -0.15) is 0 Å². The number of benzene rings is 2. The van der Waals surface area contributed by atoms with Gasteiger partial charge in [0.25, 0.3) is 0 Å². The predicted octanol–water partition coefficient (Wildman–Crippen LogP) is 2.65. The van der Waals surface area contributed by atoms with Gasteiger partial charge >= 0.3 is 5.97 Å². The van der Waals surface area contributed by atoms with Gasteiger partial charge in [0.05, 0.1) is 17.9 Å². The molecule has 4 nitrogen and oxygen atoms in total. The number of hydrogen-bond acceptors (Lipinski definition) is 3. The van der Waals surface area contributed by atoms with Gasteiger partial charge in [0.15, 0.2) is 0 Å². The zero-order valence-electron chi connectivity index (χ0n) is 10.6. The molecule has 2 N–H and O–H groups in total. The van der Waals surface area contributed by atoms with E-state index in [-0.39, 0.29) is 12.2 Å². The Kier molecular flexibility index (Phi) is 3.82. The molecule has 2 aromatic rings. The minimum absolute atomic E-state index is 0.0875. The second-order valence-electron chi connectivity index (χ2n) is 4.17. The summed E-state index contributed by atoms with van der Waals surface area (Å²) in [4.78, 5) is 13.0. The monoisotopic (exact) mass is 257 g/mol. The second kappa shape index (κ2) is 5.54. The van der Waals surface area contributed by atoms with Crippen LogP contribution in [0.1, 0.15) is 15.9 Å². The SMILES string of the molecule is CN(c1ccccc1CO)c1ccccc1C(=O)O. The van der Waals surface area contributed by atoms with E-state index in [9.17, 15) is 15.0 Å². The number of aliphatic hydroxyl groups is 1. The maximum absolute atomic E-state index is 11.2. The number of rotatable bonds is 4. The third kappa shape index (κ3) is 2.58. The highest BCUT2D eigenvalue weighted by atomic mass is 16.4. The van der Waals surface area contributed by atoms with E-state index in [1.165, 1.54) is 0 Å². The van der Waals surface area contributed by atoms with Crippen LogP contribution in [-0.2, 0) is 6.61 Å². The van der Waals surface area contributed by atoms with Crippen molar-refractivity contribution in [2.75, 3.05) is 11.9 Å². The van der Waals surface area contributed by atoms with Crippen molar-refractivity contribution in [1.82, 2.24) is 0 Å². The van der Waals surface area contributed by atoms with Crippen LogP contribution >= 0.6 is 0 Å². The van der Waals surface area contributed by atoms with Crippen LogP contribution in [0.2, 0.25) is 0 Å². The van der Waals surface area contributed by atoms with Crippen LogP contribution in [0.3, 0.4) is 0 Å². The zero-order chi connectivity index (χ0) is 13.8. The largest absolute Gasteiger partial charge is 0.478 e. The standard InChI is InChI=1S/C15H15NO3/c1-16(13-8-4-2-6-11(13)10-17)14-9-5-3-7-12(14)15(18)19/h2-9,17H,10H2,1H3,(H,18,19). The van der Waals surface area contributed by atoms with E-state index in [0.717, 1.165) is 11.3 Å². The molecule has 0 saturated heterocycles. The Morgan fingerprint density at radius 1 is 1.05 bits per heavy atom. The van der Waals surface area contributed by atoms with Gasteiger partial charge in [-0.1, -0.05) is 30.3 Å². The van der Waals surface area contributed by atoms with Crippen LogP contribution < -0.4 is 4.90 Å². The molecule has 0 fully saturated rings. The maximum Gasteiger partial charge on any atom is 0.337 e. The lowest BCUT2D eigenvalue weighted by molar-refractivity contribution is 0.0697. The molecule has 0 bridgehead atoms. The molecule has 0 atom stereocenters. The molecule has 2 rings (SSSR count). The van der Waals surface area contributed by atoms with Crippen molar-refractivity contribution in [3.05, 3.63) is 59.7 Å². The predicted molar refractivity (Wildman–Crippen MR) is 73.8 cm³/mol. The van der Waals surface area contributed by atoms with Gasteiger partial charge in [0.1, 0.15) is 0 Å². The quantitative estimate of drug-likeness (QED) is 0.884. The number of hydrogen-bond donors (Lipinski definition) is 2. The summed E-state index contributed by atoms with van der Waals surface area (Å²) < 4.78 is 0. The second-order valence-corrected chi connectivity index (χ2v) is 4.17. The van der Waals surface area contributed by atoms with Gasteiger partial charge in [-0.15, -0.1) is 0 Å². The molecule has 0 saturated carbocycles. The van der Waals surface area contributed by atoms with E-state index >= 15 is 0 Å². The lowest BCUT2D eigenvalue weighted by atomic mass is 10.1. The molecule has 0 unspecified atom stereocenters. The summed E-state index contributed by atoms with van der Waals surface area (Å²) in [6.45, 7) is -0.0875. The molecule has 4 heteroatoms. The average Bonchev–Trinajstić information content (AvgIpc) is 2.46. The maximum atomic E-state index is 11.2. The highest BCUT2D eigenvalue weighted by molar-refractivity contribution is 5.95. The molecule has 2 aromatic carbocycles. The molecule has 0 heterocycles. The van der Waals surface area contributed by atoms with Gasteiger partial charge in [-0.3, -0.25) is 0 Å². The minimum Gasteiger partial charge on any atom is -0.478 e. The van der Waals surface area contributed by atoms with E-state index < -0.39 is 5.97 Å². The Balaban J connectivity index is 2.50. The van der Waals surface area contributed by atoms with Crippen LogP contribution in [0.15, 0.2) is 48.5 Å². The third-order valence-electron chi connectivity index (χ3n) is 3.02. The highest BCUT2D eigenvalue weighted by Crippen LogP contribution is 2.29. The fourth-order valence-electron chi connectivity index (χ4n) is 2.05. The number of para-hydroxylation sites is 2. The number of carboxylic acid groups (broad SMARTS) is 1. The van der Waals surface area contributed by atoms with Gasteiger partial charge in [0.2, 0.25) is 0 Å². The molecule has 19 heavy (non-hydrogen) atoms. The van der Waals surface area contributed by atoms with Crippen LogP contribution in [0, 0.1) is 0 Å². The molecule has 0 aromatic heterocycles. The lowest BCUT2D eigenvalue weighted by Crippen LogP contribution is -2.15. The van der Waals surface area contributed by atoms with Gasteiger partial charge < -0.3 is 15.1 Å². The fourth-order valence-corrected chi connectivity index (χ4v) is 2.05. The molecule has 0 aliphatic heterocycles. The van der Waals surface area contributed by atoms with Crippen LogP contribution in [0.25, 0.3) is 0 Å². The van der Waals surface area contributed by atoms with E-state index in [2.05, 4.69) is 0 Å². The van der Waals surface area contributed by atoms with Crippen LogP contribution in [-0.4, -0.2) is 23.2 Å². The molecule has 0 spiro atoms. The average molecular weight is 257 g/mol. The van der Waals surface area contributed by atoms with Crippen molar-refractivity contribution < 1.29 is 15.0 Å². The number of nitrogens with zero attached hydrogens (tertiary/aromatic N) is 1. The van der Waals surface area contributed by atoms with E-state index in [0.29, 0.717) is 5.69 Å². The smallest absolute Gasteiger partial charge is 0.337 e. The first-order chi connectivity index (χ1) is 9.15. The van der Waals surface area contributed by atoms with Crippen molar-refractivity contribution in [2.45, 2.75) is 6.61 Å². The van der Waals surface area contributed by atoms with E-state index in [1.807, 2.05) is 24.3 Å². The normalized spacial score (nSPS) is 10.2. The summed E-state index contributed by atoms with van der Waals surface area (Å²) in [6.07, 6.45) is 0. The van der Waals surface area contributed by atoms with Crippen molar-refractivity contribution in [2.24, 2.45) is 0 Å². The zero-order valence-corrected chi connectivity index (χ0v) is 10.6. The molecule has 0 aliphatic rings. The first-order valence-corrected chi connectivity index (χ1v) is 5.90. The first-order valence-electron chi connectivity index (χ1n) is 5.90. The molecule has 98 valence electrons. The molecular weight excluding hydrogens is 242 g/mol. The molecular formula is C15H15NO3. The highest BCUT2D eigenvalue weighted by Gasteiger charge is 2.15. The third-order valence-corrected chi connectivity index (χ3v) is 3.02. The number of carboxylic acids is 1. The van der Waals surface area contributed by atoms with Crippen LogP contribution in [0.5, 0.6) is 0 Å². The van der Waals surface area contributed by atoms with Crippen molar-refractivity contribution in [1.29, 1.82) is 0 Å². The summed E-state index contributed by atoms with van der Waals surface area (Å²) >= 11 is 0. The Morgan fingerprint density at radius 3 is 2.26 bits per heavy atom. The Labute approximate surface area is 111 Å². The molecule has 0 radical (unpaired) electrons. The summed E-state index contributed by atoms with van der Waals surface area (Å²) in [5, 5.41) is 18.6. The number of carbonyl (C=O) groups is 1. The summed E-state index contributed by atoms with van der Waals surface area (Å²) in [5.41, 5.74) is 2.37. The number of aromatic carboxylic acids is 1. The fraction of sp³-hybridized carbons (Fsp3) is 0.133. The first kappa shape index (κ1) is 13.1. The summed E-state index contributed by atoms with van der Waals surface area (Å²) in [6, 6.07) is 14.2. The van der Waals surface area contributed by atoms with Gasteiger partial charge in [0, 0.05) is 18.3 Å². The van der Waals surface area contributed by atoms with Crippen molar-refractivity contribution >= 4 is 17.3 Å². The molecule has 0 aliphatic carbocycles. The Bertz CT molecular complexity index is 595. The van der Waals surface area contributed by atoms with E-state index in [1.54, 1.807) is 36.2 Å². The van der Waals surface area contributed by atoms with Crippen molar-refractivity contribution in [3.63, 3.8) is 0 Å². The number of aliphatic hydroxyl groups excluding tert-OH is 1. The molecule has 0 amide bonds. The lowest BCUT2D eigenvalue weighted by Gasteiger charge is -2.23. The summed E-state index contributed by atoms with van der Waals surface area (Å²) in [7, 11) is 1.79. The Hall–Kier alpha value is -2.33. The minimum atomic E-state index is -0.969. The van der Waals surface area contributed by atoms with E-state index in [4.69, 9.17) is 0 Å². The summed E-state index contributed by atoms with van der Waals surface area (Å²) in [5.74, 6) is -0.969. The van der Waals surface area contributed by atoms with Crippen LogP contribution in [0.4, 0.5) is 11.4 Å².